The number of alkyl carbamates (subject to hydrolysis) is 1. The van der Waals surface area contributed by atoms with Gasteiger partial charge in [-0.25, -0.2) is 4.79 Å². The van der Waals surface area contributed by atoms with Crippen molar-refractivity contribution in [3.8, 4) is 0 Å². The first-order valence-electron chi connectivity index (χ1n) is 10.5. The van der Waals surface area contributed by atoms with Crippen LogP contribution in [0.5, 0.6) is 0 Å². The topological polar surface area (TPSA) is 100 Å². The summed E-state index contributed by atoms with van der Waals surface area (Å²) < 4.78 is 10.5. The molecule has 1 heterocycles. The van der Waals surface area contributed by atoms with Crippen LogP contribution in [-0.2, 0) is 16.0 Å². The molecule has 1 fully saturated rings. The lowest BCUT2D eigenvalue weighted by atomic mass is 10.0. The molecule has 1 aromatic rings. The van der Waals surface area contributed by atoms with Crippen LogP contribution in [0.1, 0.15) is 49.5 Å². The lowest BCUT2D eigenvalue weighted by Crippen LogP contribution is -2.45. The average Bonchev–Trinajstić information content (AvgIpc) is 2.68. The molecule has 0 bridgehead atoms. The highest BCUT2D eigenvalue weighted by molar-refractivity contribution is 5.94. The Balaban J connectivity index is 1.75. The number of rotatable bonds is 9. The minimum Gasteiger partial charge on any atom is -0.444 e. The highest BCUT2D eigenvalue weighted by atomic mass is 16.6. The normalized spacial score (nSPS) is 15.6. The predicted molar refractivity (Wildman–Crippen MR) is 114 cm³/mol. The molecule has 0 aromatic heterocycles. The van der Waals surface area contributed by atoms with Crippen LogP contribution in [0, 0.1) is 0 Å². The fourth-order valence-corrected chi connectivity index (χ4v) is 3.28. The standard InChI is InChI=1S/C22H35N3O5/c1-22(2,3)30-21(28)24-19-7-10-25(11-8-19)16-17-5-4-6-18(15-17)20(27)23-9-13-29-14-12-26/h4-6,15,19,26H,7-14,16H2,1-3H3,(H,23,27)(H,24,28). The smallest absolute Gasteiger partial charge is 0.407 e. The van der Waals surface area contributed by atoms with Crippen LogP contribution in [0.4, 0.5) is 4.79 Å². The quantitative estimate of drug-likeness (QED) is 0.527. The summed E-state index contributed by atoms with van der Waals surface area (Å²) in [6.07, 6.45) is 1.38. The third kappa shape index (κ3) is 9.11. The van der Waals surface area contributed by atoms with Gasteiger partial charge in [0.2, 0.25) is 0 Å². The zero-order valence-corrected chi connectivity index (χ0v) is 18.3. The van der Waals surface area contributed by atoms with Crippen LogP contribution in [0.25, 0.3) is 0 Å². The molecule has 2 rings (SSSR count). The Kier molecular flexibility index (Phi) is 9.55. The zero-order valence-electron chi connectivity index (χ0n) is 18.3. The first-order chi connectivity index (χ1) is 14.3. The van der Waals surface area contributed by atoms with Crippen molar-refractivity contribution in [3.63, 3.8) is 0 Å². The average molecular weight is 422 g/mol. The summed E-state index contributed by atoms with van der Waals surface area (Å²) in [5.41, 5.74) is 1.21. The minimum atomic E-state index is -0.492. The number of hydrogen-bond donors (Lipinski definition) is 3. The van der Waals surface area contributed by atoms with Gasteiger partial charge < -0.3 is 25.2 Å². The highest BCUT2D eigenvalue weighted by Crippen LogP contribution is 2.16. The number of nitrogens with one attached hydrogen (secondary N) is 2. The van der Waals surface area contributed by atoms with Crippen molar-refractivity contribution >= 4 is 12.0 Å². The number of aliphatic hydroxyl groups is 1. The zero-order chi connectivity index (χ0) is 22.0. The second kappa shape index (κ2) is 11.9. The molecule has 0 radical (unpaired) electrons. The maximum atomic E-state index is 12.3. The fraction of sp³-hybridized carbons (Fsp3) is 0.636. The molecule has 168 valence electrons. The van der Waals surface area contributed by atoms with E-state index in [1.165, 1.54) is 0 Å². The van der Waals surface area contributed by atoms with Gasteiger partial charge in [-0.1, -0.05) is 12.1 Å². The number of amides is 2. The minimum absolute atomic E-state index is 0.0235. The summed E-state index contributed by atoms with van der Waals surface area (Å²) >= 11 is 0. The molecule has 0 spiro atoms. The van der Waals surface area contributed by atoms with E-state index in [-0.39, 0.29) is 31.3 Å². The van der Waals surface area contributed by atoms with Crippen molar-refractivity contribution < 1.29 is 24.2 Å². The summed E-state index contributed by atoms with van der Waals surface area (Å²) in [6, 6.07) is 7.75. The monoisotopic (exact) mass is 421 g/mol. The first-order valence-corrected chi connectivity index (χ1v) is 10.5. The summed E-state index contributed by atoms with van der Waals surface area (Å²) in [4.78, 5) is 26.5. The van der Waals surface area contributed by atoms with Crippen LogP contribution >= 0.6 is 0 Å². The number of carbonyl (C=O) groups is 2. The molecule has 1 aliphatic heterocycles. The number of hydrogen-bond acceptors (Lipinski definition) is 6. The maximum absolute atomic E-state index is 12.3. The van der Waals surface area contributed by atoms with E-state index in [2.05, 4.69) is 15.5 Å². The van der Waals surface area contributed by atoms with Gasteiger partial charge in [0.1, 0.15) is 5.60 Å². The molecule has 0 aliphatic carbocycles. The molecule has 1 aromatic carbocycles. The third-order valence-electron chi connectivity index (χ3n) is 4.67. The number of benzene rings is 1. The second-order valence-corrected chi connectivity index (χ2v) is 8.49. The summed E-state index contributed by atoms with van der Waals surface area (Å²) in [5, 5.41) is 14.4. The molecule has 0 saturated carbocycles. The molecule has 8 heteroatoms. The van der Waals surface area contributed by atoms with Crippen LogP contribution < -0.4 is 10.6 Å². The molecule has 8 nitrogen and oxygen atoms in total. The van der Waals surface area contributed by atoms with Gasteiger partial charge in [0, 0.05) is 37.8 Å². The fourth-order valence-electron chi connectivity index (χ4n) is 3.28. The van der Waals surface area contributed by atoms with E-state index < -0.39 is 5.60 Å². The Bertz CT molecular complexity index is 682. The summed E-state index contributed by atoms with van der Waals surface area (Å²) in [6.45, 7) is 9.11. The van der Waals surface area contributed by atoms with E-state index in [9.17, 15) is 9.59 Å². The summed E-state index contributed by atoms with van der Waals surface area (Å²) in [7, 11) is 0. The van der Waals surface area contributed by atoms with Crippen LogP contribution in [-0.4, -0.2) is 73.1 Å². The Labute approximate surface area is 178 Å². The number of nitrogens with zero attached hydrogens (tertiary/aromatic N) is 1. The molecule has 3 N–H and O–H groups in total. The van der Waals surface area contributed by atoms with E-state index in [0.717, 1.165) is 38.0 Å². The van der Waals surface area contributed by atoms with E-state index in [1.54, 1.807) is 6.07 Å². The van der Waals surface area contributed by atoms with Crippen molar-refractivity contribution in [1.29, 1.82) is 0 Å². The molecular weight excluding hydrogens is 386 g/mol. The molecule has 1 saturated heterocycles. The molecular formula is C22H35N3O5. The van der Waals surface area contributed by atoms with Gasteiger partial charge in [0.05, 0.1) is 19.8 Å². The van der Waals surface area contributed by atoms with E-state index in [4.69, 9.17) is 14.6 Å². The summed E-state index contributed by atoms with van der Waals surface area (Å²) in [5.74, 6) is -0.135. The molecule has 30 heavy (non-hydrogen) atoms. The van der Waals surface area contributed by atoms with Gasteiger partial charge in [-0.05, 0) is 51.3 Å². The van der Waals surface area contributed by atoms with Gasteiger partial charge in [-0.2, -0.15) is 0 Å². The molecule has 0 unspecified atom stereocenters. The van der Waals surface area contributed by atoms with E-state index >= 15 is 0 Å². The number of likely N-dealkylation sites (tertiary alicyclic amines) is 1. The van der Waals surface area contributed by atoms with E-state index in [1.807, 2.05) is 39.0 Å². The van der Waals surface area contributed by atoms with Gasteiger partial charge in [0.25, 0.3) is 5.91 Å². The van der Waals surface area contributed by atoms with Crippen LogP contribution in [0.15, 0.2) is 24.3 Å². The lowest BCUT2D eigenvalue weighted by Gasteiger charge is -2.32. The lowest BCUT2D eigenvalue weighted by molar-refractivity contribution is 0.0477. The Hall–Kier alpha value is -2.16. The number of carbonyl (C=O) groups excluding carboxylic acids is 2. The van der Waals surface area contributed by atoms with Crippen molar-refractivity contribution in [3.05, 3.63) is 35.4 Å². The van der Waals surface area contributed by atoms with Crippen LogP contribution in [0.2, 0.25) is 0 Å². The van der Waals surface area contributed by atoms with Crippen molar-refractivity contribution in [1.82, 2.24) is 15.5 Å². The predicted octanol–water partition coefficient (Wildman–Crippen LogP) is 1.91. The van der Waals surface area contributed by atoms with E-state index in [0.29, 0.717) is 18.7 Å². The van der Waals surface area contributed by atoms with Gasteiger partial charge in [-0.15, -0.1) is 0 Å². The van der Waals surface area contributed by atoms with Crippen molar-refractivity contribution in [2.45, 2.75) is 51.8 Å². The highest BCUT2D eigenvalue weighted by Gasteiger charge is 2.23. The van der Waals surface area contributed by atoms with Gasteiger partial charge in [0.15, 0.2) is 0 Å². The third-order valence-corrected chi connectivity index (χ3v) is 4.67. The Morgan fingerprint density at radius 1 is 1.20 bits per heavy atom. The molecule has 2 amide bonds. The van der Waals surface area contributed by atoms with Gasteiger partial charge in [-0.3, -0.25) is 9.69 Å². The van der Waals surface area contributed by atoms with Crippen molar-refractivity contribution in [2.24, 2.45) is 0 Å². The van der Waals surface area contributed by atoms with Crippen molar-refractivity contribution in [2.75, 3.05) is 39.5 Å². The van der Waals surface area contributed by atoms with Gasteiger partial charge >= 0.3 is 6.09 Å². The Morgan fingerprint density at radius 3 is 2.60 bits per heavy atom. The number of piperidine rings is 1. The second-order valence-electron chi connectivity index (χ2n) is 8.49. The number of ether oxygens (including phenoxy) is 2. The Morgan fingerprint density at radius 2 is 1.93 bits per heavy atom. The molecule has 1 aliphatic rings. The maximum Gasteiger partial charge on any atom is 0.407 e. The van der Waals surface area contributed by atoms with Crippen LogP contribution in [0.3, 0.4) is 0 Å². The molecule has 0 atom stereocenters. The number of aliphatic hydroxyl groups excluding tert-OH is 1. The SMILES string of the molecule is CC(C)(C)OC(=O)NC1CCN(Cc2cccc(C(=O)NCCOCCO)c2)CC1. The largest absolute Gasteiger partial charge is 0.444 e. The first kappa shape index (κ1) is 24.1.